The van der Waals surface area contributed by atoms with Crippen molar-refractivity contribution >= 4 is 11.8 Å². The Morgan fingerprint density at radius 2 is 1.17 bits per heavy atom. The summed E-state index contributed by atoms with van der Waals surface area (Å²) < 4.78 is 11.7. The molecule has 36 heavy (non-hydrogen) atoms. The van der Waals surface area contributed by atoms with Crippen LogP contribution in [0.1, 0.15) is 97.4 Å². The Balaban J connectivity index is 1.73. The molecule has 0 fully saturated rings. The molecule has 0 amide bonds. The minimum atomic E-state index is -0.473. The van der Waals surface area contributed by atoms with Gasteiger partial charge in [0.2, 0.25) is 0 Å². The molecule has 3 aromatic carbocycles. The van der Waals surface area contributed by atoms with E-state index >= 15 is 0 Å². The topological polar surface area (TPSA) is 52.6 Å². The highest BCUT2D eigenvalue weighted by Crippen LogP contribution is 2.32. The van der Waals surface area contributed by atoms with Crippen molar-refractivity contribution in [3.8, 4) is 11.5 Å². The molecule has 0 aliphatic rings. The molecule has 0 spiro atoms. The maximum atomic E-state index is 12.7. The molecule has 0 saturated carbocycles. The van der Waals surface area contributed by atoms with E-state index in [1.54, 1.807) is 24.3 Å². The van der Waals surface area contributed by atoms with Gasteiger partial charge in [0.25, 0.3) is 0 Å². The van der Waals surface area contributed by atoms with Gasteiger partial charge in [0, 0.05) is 16.9 Å². The SMILES string of the molecule is Cc1cc(C(C)c2ccc(OC(C)(C)C)c(C)c2)ccc1OC(=O)c1ccc(C(=O)C(C)(C)C)cc1. The lowest BCUT2D eigenvalue weighted by atomic mass is 9.86. The Labute approximate surface area is 215 Å². The third kappa shape index (κ3) is 6.63. The van der Waals surface area contributed by atoms with Crippen LogP contribution in [-0.2, 0) is 0 Å². The summed E-state index contributed by atoms with van der Waals surface area (Å²) in [6, 6.07) is 18.9. The molecule has 0 aliphatic heterocycles. The van der Waals surface area contributed by atoms with Gasteiger partial charge in [0.05, 0.1) is 5.56 Å². The van der Waals surface area contributed by atoms with Crippen LogP contribution in [0.15, 0.2) is 60.7 Å². The molecule has 0 aromatic heterocycles. The molecule has 4 nitrogen and oxygen atoms in total. The van der Waals surface area contributed by atoms with Crippen LogP contribution in [0.5, 0.6) is 11.5 Å². The van der Waals surface area contributed by atoms with Crippen LogP contribution in [-0.4, -0.2) is 17.4 Å². The lowest BCUT2D eigenvalue weighted by Gasteiger charge is -2.23. The van der Waals surface area contributed by atoms with E-state index in [9.17, 15) is 9.59 Å². The van der Waals surface area contributed by atoms with Crippen molar-refractivity contribution in [2.45, 2.75) is 73.8 Å². The zero-order valence-electron chi connectivity index (χ0n) is 23.0. The predicted molar refractivity (Wildman–Crippen MR) is 145 cm³/mol. The summed E-state index contributed by atoms with van der Waals surface area (Å²) in [6.07, 6.45) is 0. The van der Waals surface area contributed by atoms with Gasteiger partial charge in [0.15, 0.2) is 5.78 Å². The minimum absolute atomic E-state index is 0.0366. The third-order valence-electron chi connectivity index (χ3n) is 6.08. The van der Waals surface area contributed by atoms with Gasteiger partial charge in [0.1, 0.15) is 17.1 Å². The number of carbonyl (C=O) groups excluding carboxylic acids is 2. The fraction of sp³-hybridized carbons (Fsp3) is 0.375. The summed E-state index contributed by atoms with van der Waals surface area (Å²) in [5.41, 5.74) is 4.60. The number of ketones is 1. The first-order valence-corrected chi connectivity index (χ1v) is 12.4. The predicted octanol–water partition coefficient (Wildman–Crippen LogP) is 8.08. The van der Waals surface area contributed by atoms with Crippen LogP contribution in [0.25, 0.3) is 0 Å². The molecule has 3 rings (SSSR count). The number of rotatable bonds is 6. The molecular weight excluding hydrogens is 448 g/mol. The zero-order chi connectivity index (χ0) is 26.8. The van der Waals surface area contributed by atoms with E-state index in [4.69, 9.17) is 9.47 Å². The van der Waals surface area contributed by atoms with E-state index in [1.807, 2.05) is 66.7 Å². The van der Waals surface area contributed by atoms with Gasteiger partial charge >= 0.3 is 5.97 Å². The molecule has 1 atom stereocenters. The second-order valence-corrected chi connectivity index (χ2v) is 11.5. The van der Waals surface area contributed by atoms with Gasteiger partial charge in [-0.25, -0.2) is 4.79 Å². The number of benzene rings is 3. The van der Waals surface area contributed by atoms with Crippen molar-refractivity contribution in [1.29, 1.82) is 0 Å². The standard InChI is InChI=1S/C32H38O4/c1-20-18-25(22(3)26-15-17-28(21(2)19-26)36-32(7,8)9)14-16-27(20)35-30(34)24-12-10-23(11-13-24)29(33)31(4,5)6/h10-19,22H,1-9H3. The van der Waals surface area contributed by atoms with E-state index in [0.717, 1.165) is 22.4 Å². The molecule has 3 aromatic rings. The third-order valence-corrected chi connectivity index (χ3v) is 6.08. The fourth-order valence-electron chi connectivity index (χ4n) is 3.98. The van der Waals surface area contributed by atoms with Gasteiger partial charge < -0.3 is 9.47 Å². The first-order valence-electron chi connectivity index (χ1n) is 12.4. The monoisotopic (exact) mass is 486 g/mol. The van der Waals surface area contributed by atoms with Gasteiger partial charge in [-0.1, -0.05) is 64.1 Å². The number of ether oxygens (including phenoxy) is 2. The summed E-state index contributed by atoms with van der Waals surface area (Å²) >= 11 is 0. The van der Waals surface area contributed by atoms with E-state index in [1.165, 1.54) is 5.56 Å². The largest absolute Gasteiger partial charge is 0.488 e. The van der Waals surface area contributed by atoms with E-state index in [0.29, 0.717) is 16.9 Å². The lowest BCUT2D eigenvalue weighted by Crippen LogP contribution is -2.23. The highest BCUT2D eigenvalue weighted by molar-refractivity contribution is 6.00. The van der Waals surface area contributed by atoms with Crippen LogP contribution >= 0.6 is 0 Å². The van der Waals surface area contributed by atoms with Crippen molar-refractivity contribution in [2.24, 2.45) is 5.41 Å². The van der Waals surface area contributed by atoms with Gasteiger partial charge in [-0.15, -0.1) is 0 Å². The van der Waals surface area contributed by atoms with Crippen molar-refractivity contribution < 1.29 is 19.1 Å². The van der Waals surface area contributed by atoms with Gasteiger partial charge in [-0.2, -0.15) is 0 Å². The van der Waals surface area contributed by atoms with Crippen molar-refractivity contribution in [3.05, 3.63) is 94.0 Å². The van der Waals surface area contributed by atoms with Crippen molar-refractivity contribution in [1.82, 2.24) is 0 Å². The normalized spacial score (nSPS) is 12.7. The average molecular weight is 487 g/mol. The summed E-state index contributed by atoms with van der Waals surface area (Å²) in [5.74, 6) is 1.18. The van der Waals surface area contributed by atoms with E-state index in [2.05, 4.69) is 32.0 Å². The Kier molecular flexibility index (Phi) is 7.78. The number of hydrogen-bond acceptors (Lipinski definition) is 4. The smallest absolute Gasteiger partial charge is 0.343 e. The maximum absolute atomic E-state index is 12.7. The Bertz CT molecular complexity index is 1250. The Morgan fingerprint density at radius 3 is 1.61 bits per heavy atom. The molecule has 0 heterocycles. The fourth-order valence-corrected chi connectivity index (χ4v) is 3.98. The molecule has 0 radical (unpaired) electrons. The number of Topliss-reactive ketones (excluding diaryl/α,β-unsaturated/α-hetero) is 1. The van der Waals surface area contributed by atoms with Crippen LogP contribution in [0.4, 0.5) is 0 Å². The molecule has 0 aliphatic carbocycles. The summed E-state index contributed by atoms with van der Waals surface area (Å²) in [4.78, 5) is 25.2. The molecule has 0 N–H and O–H groups in total. The Morgan fingerprint density at radius 1 is 0.694 bits per heavy atom. The van der Waals surface area contributed by atoms with Crippen LogP contribution in [0.2, 0.25) is 0 Å². The first-order chi connectivity index (χ1) is 16.7. The zero-order valence-corrected chi connectivity index (χ0v) is 23.0. The molecule has 0 saturated heterocycles. The van der Waals surface area contributed by atoms with Gasteiger partial charge in [-0.3, -0.25) is 4.79 Å². The molecule has 4 heteroatoms. The molecule has 190 valence electrons. The summed E-state index contributed by atoms with van der Waals surface area (Å²) in [5, 5.41) is 0. The first kappa shape index (κ1) is 27.2. The highest BCUT2D eigenvalue weighted by Gasteiger charge is 2.23. The number of hydrogen-bond donors (Lipinski definition) is 0. The Hall–Kier alpha value is -3.40. The van der Waals surface area contributed by atoms with Crippen LogP contribution in [0, 0.1) is 19.3 Å². The highest BCUT2D eigenvalue weighted by atomic mass is 16.5. The molecule has 1 unspecified atom stereocenters. The number of esters is 1. The second-order valence-electron chi connectivity index (χ2n) is 11.5. The average Bonchev–Trinajstić information content (AvgIpc) is 2.79. The van der Waals surface area contributed by atoms with Crippen LogP contribution < -0.4 is 9.47 Å². The lowest BCUT2D eigenvalue weighted by molar-refractivity contribution is 0.0732. The summed E-state index contributed by atoms with van der Waals surface area (Å²) in [6.45, 7) is 17.9. The van der Waals surface area contributed by atoms with Gasteiger partial charge in [-0.05, 0) is 81.1 Å². The van der Waals surface area contributed by atoms with E-state index < -0.39 is 11.4 Å². The number of carbonyl (C=O) groups is 2. The molecular formula is C32H38O4. The second kappa shape index (κ2) is 10.3. The minimum Gasteiger partial charge on any atom is -0.488 e. The quantitative estimate of drug-likeness (QED) is 0.201. The number of aryl methyl sites for hydroxylation is 2. The van der Waals surface area contributed by atoms with E-state index in [-0.39, 0.29) is 17.3 Å². The van der Waals surface area contributed by atoms with Crippen molar-refractivity contribution in [3.63, 3.8) is 0 Å². The molecule has 0 bridgehead atoms. The summed E-state index contributed by atoms with van der Waals surface area (Å²) in [7, 11) is 0. The van der Waals surface area contributed by atoms with Crippen LogP contribution in [0.3, 0.4) is 0 Å². The van der Waals surface area contributed by atoms with Crippen molar-refractivity contribution in [2.75, 3.05) is 0 Å². The maximum Gasteiger partial charge on any atom is 0.343 e.